The minimum absolute atomic E-state index is 0.0417. The van der Waals surface area contributed by atoms with Crippen LogP contribution in [0.25, 0.3) is 0 Å². The maximum absolute atomic E-state index is 5.69. The third-order valence-electron chi connectivity index (χ3n) is 2.46. The molecule has 0 aromatic heterocycles. The minimum atomic E-state index is 0.0417. The molecule has 0 fully saturated rings. The third-order valence-corrected chi connectivity index (χ3v) is 2.46. The van der Waals surface area contributed by atoms with Crippen molar-refractivity contribution in [1.82, 2.24) is 0 Å². The first-order valence-corrected chi connectivity index (χ1v) is 14.0. The highest BCUT2D eigenvalue weighted by atomic mass is 79.9. The van der Waals surface area contributed by atoms with Crippen LogP contribution in [0, 0.1) is 6.07 Å². The molecule has 3 nitrogen and oxygen atoms in total. The lowest BCUT2D eigenvalue weighted by molar-refractivity contribution is 0.0509. The van der Waals surface area contributed by atoms with Crippen LogP contribution < -0.4 is 10.5 Å². The Kier molecular flexibility index (Phi) is 14.1. The molecule has 0 aliphatic rings. The van der Waals surface area contributed by atoms with Gasteiger partial charge in [-0.25, -0.2) is 0 Å². The summed E-state index contributed by atoms with van der Waals surface area (Å²) in [6.45, 7) is 2.99. The molecular formula is C13H20Br2MgNO2. The van der Waals surface area contributed by atoms with Crippen LogP contribution in [0.2, 0.25) is 0 Å². The first kappa shape index (κ1) is 19.7. The fraction of sp³-hybridized carbons (Fsp3) is 0.538. The molecule has 0 saturated heterocycles. The van der Waals surface area contributed by atoms with Gasteiger partial charge in [0.1, 0.15) is 5.75 Å². The summed E-state index contributed by atoms with van der Waals surface area (Å²) in [7, 11) is 1.60. The second-order valence-corrected chi connectivity index (χ2v) is 11.9. The van der Waals surface area contributed by atoms with Crippen molar-refractivity contribution in [3.63, 3.8) is 0 Å². The van der Waals surface area contributed by atoms with Crippen molar-refractivity contribution in [3.05, 3.63) is 29.3 Å². The van der Waals surface area contributed by atoms with Gasteiger partial charge in [0.25, 0.3) is 0 Å². The van der Waals surface area contributed by atoms with E-state index in [1.165, 1.54) is 18.4 Å². The van der Waals surface area contributed by atoms with E-state index in [4.69, 9.17) is 15.2 Å². The molecule has 0 spiro atoms. The van der Waals surface area contributed by atoms with Gasteiger partial charge in [0.2, 0.25) is 0 Å². The van der Waals surface area contributed by atoms with Gasteiger partial charge in [0, 0.05) is 19.7 Å². The SMILES string of the molecule is CCCCc1cc(OCOC)[c]cc1CN.[Br][Mg][Br]. The molecule has 0 amide bonds. The van der Waals surface area contributed by atoms with E-state index in [9.17, 15) is 0 Å². The lowest BCUT2D eigenvalue weighted by Crippen LogP contribution is -2.04. The van der Waals surface area contributed by atoms with Crippen molar-refractivity contribution in [1.29, 1.82) is 0 Å². The molecule has 1 aromatic rings. The van der Waals surface area contributed by atoms with Gasteiger partial charge in [-0.3, -0.25) is 25.8 Å². The van der Waals surface area contributed by atoms with Crippen LogP contribution >= 0.6 is 25.8 Å². The van der Waals surface area contributed by atoms with E-state index in [0.29, 0.717) is 6.54 Å². The average Bonchev–Trinajstić information content (AvgIpc) is 2.43. The van der Waals surface area contributed by atoms with Crippen LogP contribution in [0.1, 0.15) is 30.9 Å². The quantitative estimate of drug-likeness (QED) is 0.556. The monoisotopic (exact) mass is 404 g/mol. The summed E-state index contributed by atoms with van der Waals surface area (Å²) in [6, 6.07) is 6.98. The molecule has 1 radical (unpaired) electrons. The van der Waals surface area contributed by atoms with Crippen molar-refractivity contribution in [3.8, 4) is 5.75 Å². The topological polar surface area (TPSA) is 44.5 Å². The fourth-order valence-corrected chi connectivity index (χ4v) is 1.54. The molecule has 0 bridgehead atoms. The molecule has 1 rings (SSSR count). The smallest absolute Gasteiger partial charge is 0.467 e. The average molecular weight is 406 g/mol. The largest absolute Gasteiger partial charge is 0.560 e. The van der Waals surface area contributed by atoms with Crippen molar-refractivity contribution in [2.45, 2.75) is 32.7 Å². The molecule has 1 aromatic carbocycles. The van der Waals surface area contributed by atoms with E-state index in [0.717, 1.165) is 17.7 Å². The molecule has 0 atom stereocenters. The van der Waals surface area contributed by atoms with Gasteiger partial charge in [0.05, 0.1) is 0 Å². The summed E-state index contributed by atoms with van der Waals surface area (Å²) >= 11 is 6.44. The zero-order valence-corrected chi connectivity index (χ0v) is 16.1. The lowest BCUT2D eigenvalue weighted by Gasteiger charge is -2.10. The lowest BCUT2D eigenvalue weighted by atomic mass is 10.0. The highest BCUT2D eigenvalue weighted by molar-refractivity contribution is 9.47. The van der Waals surface area contributed by atoms with Crippen molar-refractivity contribution < 1.29 is 9.47 Å². The van der Waals surface area contributed by atoms with Crippen molar-refractivity contribution in [2.75, 3.05) is 13.9 Å². The van der Waals surface area contributed by atoms with Gasteiger partial charge in [-0.2, -0.15) is 0 Å². The molecule has 0 unspecified atom stereocenters. The van der Waals surface area contributed by atoms with Gasteiger partial charge in [0.15, 0.2) is 6.79 Å². The highest BCUT2D eigenvalue weighted by Crippen LogP contribution is 2.19. The van der Waals surface area contributed by atoms with E-state index in [1.807, 2.05) is 12.1 Å². The molecule has 105 valence electrons. The summed E-state index contributed by atoms with van der Waals surface area (Å²) in [4.78, 5) is 0. The Morgan fingerprint density at radius 2 is 2.05 bits per heavy atom. The fourth-order valence-electron chi connectivity index (χ4n) is 1.54. The standard InChI is InChI=1S/C13H20NO2.2BrH.Mg/c1-3-4-5-11-8-13(16-10-15-2)7-6-12(11)9-14;;;/h6,8H,3-5,9-10,14H2,1-2H3;2*1H;/q;;;+2/p-2. The number of aryl methyl sites for hydroxylation is 1. The van der Waals surface area contributed by atoms with Crippen LogP contribution in [0.15, 0.2) is 12.1 Å². The number of methoxy groups -OCH3 is 1. The van der Waals surface area contributed by atoms with E-state index in [2.05, 4.69) is 38.8 Å². The predicted molar refractivity (Wildman–Crippen MR) is 87.9 cm³/mol. The number of unbranched alkanes of at least 4 members (excludes halogenated alkanes) is 1. The van der Waals surface area contributed by atoms with Gasteiger partial charge >= 0.3 is 16.0 Å². The number of halogens is 2. The summed E-state index contributed by atoms with van der Waals surface area (Å²) in [5, 5.41) is 0. The summed E-state index contributed by atoms with van der Waals surface area (Å²) in [6.07, 6.45) is 3.39. The van der Waals surface area contributed by atoms with Crippen molar-refractivity contribution in [2.24, 2.45) is 5.73 Å². The first-order valence-electron chi connectivity index (χ1n) is 6.20. The summed E-state index contributed by atoms with van der Waals surface area (Å²) in [5.41, 5.74) is 8.10. The Bertz CT molecular complexity index is 340. The van der Waals surface area contributed by atoms with E-state index in [1.54, 1.807) is 7.11 Å². The molecule has 0 aliphatic heterocycles. The first-order chi connectivity index (χ1) is 9.23. The maximum Gasteiger partial charge on any atom is 0.560 e. The van der Waals surface area contributed by atoms with E-state index in [-0.39, 0.29) is 22.8 Å². The molecule has 0 aliphatic carbocycles. The van der Waals surface area contributed by atoms with Crippen LogP contribution in [-0.2, 0) is 17.7 Å². The normalized spacial score (nSPS) is 9.32. The Morgan fingerprint density at radius 1 is 1.37 bits per heavy atom. The number of rotatable bonds is 7. The van der Waals surface area contributed by atoms with E-state index < -0.39 is 0 Å². The number of nitrogens with two attached hydrogens (primary N) is 1. The van der Waals surface area contributed by atoms with Gasteiger partial charge < -0.3 is 15.2 Å². The Hall–Kier alpha value is 0.666. The predicted octanol–water partition coefficient (Wildman–Crippen LogP) is 3.58. The highest BCUT2D eigenvalue weighted by Gasteiger charge is 2.03. The second kappa shape index (κ2) is 13.6. The zero-order valence-electron chi connectivity index (χ0n) is 11.5. The second-order valence-electron chi connectivity index (χ2n) is 3.81. The number of hydrogen-bond acceptors (Lipinski definition) is 3. The molecule has 0 saturated carbocycles. The van der Waals surface area contributed by atoms with Crippen LogP contribution in [0.5, 0.6) is 5.75 Å². The Labute approximate surface area is 138 Å². The number of ether oxygens (including phenoxy) is 2. The Morgan fingerprint density at radius 3 is 2.58 bits per heavy atom. The van der Waals surface area contributed by atoms with Gasteiger partial charge in [-0.15, -0.1) is 0 Å². The molecule has 19 heavy (non-hydrogen) atoms. The molecule has 2 N–H and O–H groups in total. The molecular weight excluding hydrogens is 386 g/mol. The molecule has 6 heteroatoms. The maximum atomic E-state index is 5.69. The van der Waals surface area contributed by atoms with Crippen LogP contribution in [0.4, 0.5) is 0 Å². The van der Waals surface area contributed by atoms with Gasteiger partial charge in [-0.05, 0) is 36.1 Å². The van der Waals surface area contributed by atoms with Crippen molar-refractivity contribution >= 4 is 41.8 Å². The van der Waals surface area contributed by atoms with E-state index >= 15 is 0 Å². The summed E-state index contributed by atoms with van der Waals surface area (Å²) in [5.74, 6) is 0.727. The van der Waals surface area contributed by atoms with Crippen LogP contribution in [-0.4, -0.2) is 29.9 Å². The minimum Gasteiger partial charge on any atom is -0.467 e. The Balaban J connectivity index is 0.000000982. The zero-order chi connectivity index (χ0) is 14.5. The van der Waals surface area contributed by atoms with Gasteiger partial charge in [-0.1, -0.05) is 13.3 Å². The number of hydrogen-bond donors (Lipinski definition) is 1. The number of benzene rings is 1. The molecule has 0 heterocycles. The van der Waals surface area contributed by atoms with Crippen LogP contribution in [0.3, 0.4) is 0 Å². The summed E-state index contributed by atoms with van der Waals surface area (Å²) < 4.78 is 10.2. The third kappa shape index (κ3) is 9.26.